The number of nitrogens with one attached hydrogen (secondary N) is 2. The zero-order chi connectivity index (χ0) is 15.1. The van der Waals surface area contributed by atoms with Crippen molar-refractivity contribution in [2.75, 3.05) is 19.0 Å². The number of aliphatic carboxylic acids is 1. The molecule has 0 radical (unpaired) electrons. The fraction of sp³-hybridized carbons (Fsp3) is 0.429. The number of benzene rings is 1. The Labute approximate surface area is 118 Å². The maximum Gasteiger partial charge on any atom is 0.323 e. The van der Waals surface area contributed by atoms with Gasteiger partial charge in [0.2, 0.25) is 5.91 Å². The molecule has 1 amide bonds. The predicted octanol–water partition coefficient (Wildman–Crippen LogP) is 1.40. The van der Waals surface area contributed by atoms with Crippen molar-refractivity contribution in [1.82, 2.24) is 5.32 Å². The Morgan fingerprint density at radius 2 is 2.10 bits per heavy atom. The molecule has 0 aliphatic rings. The lowest BCUT2D eigenvalue weighted by molar-refractivity contribution is -0.141. The Morgan fingerprint density at radius 1 is 1.40 bits per heavy atom. The molecule has 1 aromatic carbocycles. The molecule has 0 fully saturated rings. The van der Waals surface area contributed by atoms with Crippen LogP contribution < -0.4 is 10.6 Å². The van der Waals surface area contributed by atoms with Crippen LogP contribution in [0.3, 0.4) is 0 Å². The molecule has 0 heterocycles. The third kappa shape index (κ3) is 4.99. The van der Waals surface area contributed by atoms with E-state index < -0.39 is 12.0 Å². The maximum absolute atomic E-state index is 11.1. The van der Waals surface area contributed by atoms with Crippen LogP contribution in [0.4, 0.5) is 5.69 Å². The average Bonchev–Trinajstić information content (AvgIpc) is 2.37. The highest BCUT2D eigenvalue weighted by Gasteiger charge is 2.20. The van der Waals surface area contributed by atoms with Gasteiger partial charge in [-0.05, 0) is 24.6 Å². The number of carbonyl (C=O) groups is 2. The van der Waals surface area contributed by atoms with Gasteiger partial charge >= 0.3 is 5.97 Å². The topological polar surface area (TPSA) is 87.7 Å². The summed E-state index contributed by atoms with van der Waals surface area (Å²) in [6, 6.07) is 6.31. The van der Waals surface area contributed by atoms with Crippen molar-refractivity contribution in [2.45, 2.75) is 25.9 Å². The van der Waals surface area contributed by atoms with Gasteiger partial charge in [-0.1, -0.05) is 12.1 Å². The molecular weight excluding hydrogens is 260 g/mol. The number of amides is 1. The van der Waals surface area contributed by atoms with Crippen molar-refractivity contribution >= 4 is 17.6 Å². The number of carboxylic acid groups (broad SMARTS) is 1. The normalized spacial score (nSPS) is 13.6. The lowest BCUT2D eigenvalue weighted by atomic mass is 10.1. The van der Waals surface area contributed by atoms with Crippen molar-refractivity contribution in [1.29, 1.82) is 0 Å². The molecule has 1 rings (SSSR count). The maximum atomic E-state index is 11.1. The summed E-state index contributed by atoms with van der Waals surface area (Å²) >= 11 is 0. The summed E-state index contributed by atoms with van der Waals surface area (Å²) in [5.74, 6) is -1.11. The monoisotopic (exact) mass is 280 g/mol. The molecule has 0 aromatic heterocycles. The average molecular weight is 280 g/mol. The molecule has 0 aliphatic carbocycles. The SMILES string of the molecule is COCC(NC(C)c1cccc(NC(C)=O)c1)C(=O)O. The smallest absolute Gasteiger partial charge is 0.323 e. The molecule has 110 valence electrons. The summed E-state index contributed by atoms with van der Waals surface area (Å²) in [6.45, 7) is 3.39. The Morgan fingerprint density at radius 3 is 2.65 bits per heavy atom. The molecule has 0 saturated carbocycles. The number of hydrogen-bond acceptors (Lipinski definition) is 4. The van der Waals surface area contributed by atoms with Crippen LogP contribution >= 0.6 is 0 Å². The Bertz CT molecular complexity index is 476. The first-order valence-electron chi connectivity index (χ1n) is 6.29. The fourth-order valence-corrected chi connectivity index (χ4v) is 1.84. The molecule has 0 bridgehead atoms. The molecule has 2 atom stereocenters. The largest absolute Gasteiger partial charge is 0.480 e. The van der Waals surface area contributed by atoms with Crippen molar-refractivity contribution in [3.8, 4) is 0 Å². The van der Waals surface area contributed by atoms with Gasteiger partial charge in [0.15, 0.2) is 0 Å². The third-order valence-corrected chi connectivity index (χ3v) is 2.79. The Kier molecular flexibility index (Phi) is 6.14. The number of carbonyl (C=O) groups excluding carboxylic acids is 1. The summed E-state index contributed by atoms with van der Waals surface area (Å²) in [6.07, 6.45) is 0. The third-order valence-electron chi connectivity index (χ3n) is 2.79. The fourth-order valence-electron chi connectivity index (χ4n) is 1.84. The van der Waals surface area contributed by atoms with E-state index in [0.717, 1.165) is 5.56 Å². The van der Waals surface area contributed by atoms with Gasteiger partial charge in [-0.25, -0.2) is 0 Å². The van der Waals surface area contributed by atoms with Crippen molar-refractivity contribution in [2.24, 2.45) is 0 Å². The summed E-state index contributed by atoms with van der Waals surface area (Å²) in [7, 11) is 1.46. The van der Waals surface area contributed by atoms with Gasteiger partial charge in [0.25, 0.3) is 0 Å². The molecule has 6 nitrogen and oxygen atoms in total. The molecule has 3 N–H and O–H groups in total. The second kappa shape index (κ2) is 7.62. The summed E-state index contributed by atoms with van der Waals surface area (Å²) in [5, 5.41) is 14.7. The standard InChI is InChI=1S/C14H20N2O4/c1-9(15-13(8-20-3)14(18)19)11-5-4-6-12(7-11)16-10(2)17/h4-7,9,13,15H,8H2,1-3H3,(H,16,17)(H,18,19). The molecular formula is C14H20N2O4. The van der Waals surface area contributed by atoms with Crippen LogP contribution in [-0.2, 0) is 14.3 Å². The van der Waals surface area contributed by atoms with Gasteiger partial charge < -0.3 is 15.2 Å². The van der Waals surface area contributed by atoms with E-state index in [0.29, 0.717) is 5.69 Å². The van der Waals surface area contributed by atoms with E-state index in [4.69, 9.17) is 9.84 Å². The van der Waals surface area contributed by atoms with E-state index in [-0.39, 0.29) is 18.6 Å². The zero-order valence-corrected chi connectivity index (χ0v) is 11.8. The molecule has 20 heavy (non-hydrogen) atoms. The van der Waals surface area contributed by atoms with E-state index in [9.17, 15) is 9.59 Å². The highest BCUT2D eigenvalue weighted by atomic mass is 16.5. The van der Waals surface area contributed by atoms with Crippen LogP contribution in [0, 0.1) is 0 Å². The summed E-state index contributed by atoms with van der Waals surface area (Å²) < 4.78 is 4.88. The van der Waals surface area contributed by atoms with Crippen LogP contribution in [-0.4, -0.2) is 36.7 Å². The van der Waals surface area contributed by atoms with Crippen molar-refractivity contribution in [3.05, 3.63) is 29.8 Å². The number of hydrogen-bond donors (Lipinski definition) is 3. The molecule has 6 heteroatoms. The van der Waals surface area contributed by atoms with Gasteiger partial charge in [0.05, 0.1) is 6.61 Å². The van der Waals surface area contributed by atoms with Crippen LogP contribution in [0.2, 0.25) is 0 Å². The number of rotatable bonds is 7. The quantitative estimate of drug-likeness (QED) is 0.702. The van der Waals surface area contributed by atoms with Gasteiger partial charge in [-0.2, -0.15) is 0 Å². The molecule has 2 unspecified atom stereocenters. The minimum atomic E-state index is -0.961. The first kappa shape index (κ1) is 16.1. The van der Waals surface area contributed by atoms with E-state index in [1.54, 1.807) is 6.07 Å². The molecule has 1 aromatic rings. The van der Waals surface area contributed by atoms with E-state index >= 15 is 0 Å². The Balaban J connectivity index is 2.77. The lowest BCUT2D eigenvalue weighted by Gasteiger charge is -2.20. The van der Waals surface area contributed by atoms with Crippen LogP contribution in [0.15, 0.2) is 24.3 Å². The highest BCUT2D eigenvalue weighted by Crippen LogP contribution is 2.18. The minimum absolute atomic E-state index is 0.0884. The predicted molar refractivity (Wildman–Crippen MR) is 75.6 cm³/mol. The molecule has 0 aliphatic heterocycles. The van der Waals surface area contributed by atoms with Crippen LogP contribution in [0.25, 0.3) is 0 Å². The second-order valence-corrected chi connectivity index (χ2v) is 4.54. The number of carboxylic acids is 1. The molecule has 0 spiro atoms. The summed E-state index contributed by atoms with van der Waals surface area (Å²) in [5.41, 5.74) is 1.57. The lowest BCUT2D eigenvalue weighted by Crippen LogP contribution is -2.41. The molecule has 0 saturated heterocycles. The van der Waals surface area contributed by atoms with E-state index in [1.165, 1.54) is 14.0 Å². The van der Waals surface area contributed by atoms with Crippen molar-refractivity contribution < 1.29 is 19.4 Å². The Hall–Kier alpha value is -1.92. The first-order chi connectivity index (χ1) is 9.43. The van der Waals surface area contributed by atoms with Gasteiger partial charge in [0, 0.05) is 25.8 Å². The van der Waals surface area contributed by atoms with Gasteiger partial charge in [-0.15, -0.1) is 0 Å². The van der Waals surface area contributed by atoms with Crippen LogP contribution in [0.5, 0.6) is 0 Å². The highest BCUT2D eigenvalue weighted by molar-refractivity contribution is 5.88. The number of anilines is 1. The number of methoxy groups -OCH3 is 1. The summed E-state index contributed by atoms with van der Waals surface area (Å²) in [4.78, 5) is 22.1. The minimum Gasteiger partial charge on any atom is -0.480 e. The first-order valence-corrected chi connectivity index (χ1v) is 6.29. The second-order valence-electron chi connectivity index (χ2n) is 4.54. The van der Waals surface area contributed by atoms with Crippen LogP contribution in [0.1, 0.15) is 25.5 Å². The van der Waals surface area contributed by atoms with Gasteiger partial charge in [-0.3, -0.25) is 14.9 Å². The van der Waals surface area contributed by atoms with Crippen molar-refractivity contribution in [3.63, 3.8) is 0 Å². The van der Waals surface area contributed by atoms with E-state index in [1.807, 2.05) is 25.1 Å². The number of ether oxygens (including phenoxy) is 1. The zero-order valence-electron chi connectivity index (χ0n) is 11.8. The van der Waals surface area contributed by atoms with E-state index in [2.05, 4.69) is 10.6 Å². The van der Waals surface area contributed by atoms with Gasteiger partial charge in [0.1, 0.15) is 6.04 Å².